The molecule has 0 radical (unpaired) electrons. The number of ether oxygens (including phenoxy) is 1. The number of aliphatic carboxylic acids is 1. The molecule has 3 rings (SSSR count). The first-order chi connectivity index (χ1) is 13.0. The number of benzene rings is 2. The Labute approximate surface area is 175 Å². The molecular weight excluding hydrogens is 403 g/mol. The average Bonchev–Trinajstić information content (AvgIpc) is 2.68. The smallest absolute Gasteiger partial charge is 0.410 e. The number of rotatable bonds is 5. The van der Waals surface area contributed by atoms with Gasteiger partial charge >= 0.3 is 12.1 Å². The van der Waals surface area contributed by atoms with Gasteiger partial charge in [-0.25, -0.2) is 4.79 Å². The van der Waals surface area contributed by atoms with E-state index >= 15 is 0 Å². The van der Waals surface area contributed by atoms with E-state index < -0.39 is 18.1 Å². The Balaban J connectivity index is 0.00000280. The molecule has 2 aromatic carbocycles. The van der Waals surface area contributed by atoms with Gasteiger partial charge in [-0.2, -0.15) is 0 Å². The summed E-state index contributed by atoms with van der Waals surface area (Å²) in [5, 5.41) is 10.2. The van der Waals surface area contributed by atoms with Crippen LogP contribution in [0.3, 0.4) is 0 Å². The van der Waals surface area contributed by atoms with Crippen LogP contribution in [0.2, 0.25) is 5.02 Å². The van der Waals surface area contributed by atoms with E-state index in [0.717, 1.165) is 11.1 Å². The topological polar surface area (TPSA) is 70.1 Å². The SMILES string of the molecule is Cl.O=C(O)C1CN(C(=O)OCc2ccccc2)CCN1Cc1ccccc1Cl. The van der Waals surface area contributed by atoms with Crippen molar-refractivity contribution in [1.82, 2.24) is 9.80 Å². The lowest BCUT2D eigenvalue weighted by Crippen LogP contribution is -2.57. The highest BCUT2D eigenvalue weighted by Crippen LogP contribution is 2.21. The number of carbonyl (C=O) groups is 2. The Bertz CT molecular complexity index is 804. The highest BCUT2D eigenvalue weighted by Gasteiger charge is 2.35. The van der Waals surface area contributed by atoms with Crippen LogP contribution in [0.15, 0.2) is 54.6 Å². The molecule has 1 atom stereocenters. The van der Waals surface area contributed by atoms with E-state index in [1.54, 1.807) is 6.07 Å². The molecule has 1 unspecified atom stereocenters. The fourth-order valence-electron chi connectivity index (χ4n) is 3.07. The number of nitrogens with zero attached hydrogens (tertiary/aromatic N) is 2. The van der Waals surface area contributed by atoms with Crippen molar-refractivity contribution in [3.63, 3.8) is 0 Å². The molecule has 0 bridgehead atoms. The van der Waals surface area contributed by atoms with E-state index in [1.807, 2.05) is 53.4 Å². The molecule has 1 saturated heterocycles. The van der Waals surface area contributed by atoms with Crippen LogP contribution in [0.4, 0.5) is 4.79 Å². The molecular formula is C20H22Cl2N2O4. The lowest BCUT2D eigenvalue weighted by Gasteiger charge is -2.38. The maximum atomic E-state index is 12.3. The number of hydrogen-bond donors (Lipinski definition) is 1. The predicted octanol–water partition coefficient (Wildman–Crippen LogP) is 3.67. The molecule has 8 heteroatoms. The molecule has 0 saturated carbocycles. The van der Waals surface area contributed by atoms with Gasteiger partial charge in [-0.3, -0.25) is 9.69 Å². The number of carboxylic acids is 1. The van der Waals surface area contributed by atoms with Crippen molar-refractivity contribution in [2.24, 2.45) is 0 Å². The van der Waals surface area contributed by atoms with Crippen molar-refractivity contribution in [1.29, 1.82) is 0 Å². The highest BCUT2D eigenvalue weighted by atomic mass is 35.5. The summed E-state index contributed by atoms with van der Waals surface area (Å²) in [7, 11) is 0. The first-order valence-electron chi connectivity index (χ1n) is 8.70. The third kappa shape index (κ3) is 5.61. The van der Waals surface area contributed by atoms with Crippen LogP contribution in [0.5, 0.6) is 0 Å². The molecule has 6 nitrogen and oxygen atoms in total. The van der Waals surface area contributed by atoms with E-state index in [0.29, 0.717) is 24.7 Å². The number of halogens is 2. The number of carboxylic acid groups (broad SMARTS) is 1. The number of piperazine rings is 1. The van der Waals surface area contributed by atoms with Crippen LogP contribution < -0.4 is 0 Å². The molecule has 150 valence electrons. The molecule has 2 aromatic rings. The second kappa shape index (κ2) is 10.3. The van der Waals surface area contributed by atoms with Gasteiger partial charge in [-0.15, -0.1) is 12.4 Å². The predicted molar refractivity (Wildman–Crippen MR) is 109 cm³/mol. The van der Waals surface area contributed by atoms with Crippen molar-refractivity contribution in [3.05, 3.63) is 70.7 Å². The maximum absolute atomic E-state index is 12.3. The van der Waals surface area contributed by atoms with E-state index in [-0.39, 0.29) is 25.6 Å². The lowest BCUT2D eigenvalue weighted by atomic mass is 10.1. The van der Waals surface area contributed by atoms with Gasteiger partial charge in [0.05, 0.1) is 6.54 Å². The summed E-state index contributed by atoms with van der Waals surface area (Å²) >= 11 is 6.19. The van der Waals surface area contributed by atoms with E-state index in [1.165, 1.54) is 4.90 Å². The Hall–Kier alpha value is -2.28. The zero-order valence-electron chi connectivity index (χ0n) is 15.2. The van der Waals surface area contributed by atoms with Crippen LogP contribution in [0.25, 0.3) is 0 Å². The monoisotopic (exact) mass is 424 g/mol. The zero-order chi connectivity index (χ0) is 19.2. The van der Waals surface area contributed by atoms with Gasteiger partial charge in [0.15, 0.2) is 0 Å². The summed E-state index contributed by atoms with van der Waals surface area (Å²) < 4.78 is 5.32. The molecule has 0 spiro atoms. The van der Waals surface area contributed by atoms with E-state index in [9.17, 15) is 14.7 Å². The average molecular weight is 425 g/mol. The Morgan fingerprint density at radius 1 is 1.07 bits per heavy atom. The normalized spacial score (nSPS) is 16.9. The molecule has 1 heterocycles. The third-order valence-corrected chi connectivity index (χ3v) is 4.94. The first-order valence-corrected chi connectivity index (χ1v) is 9.08. The van der Waals surface area contributed by atoms with Gasteiger partial charge in [0.2, 0.25) is 0 Å². The van der Waals surface area contributed by atoms with Gasteiger partial charge < -0.3 is 14.7 Å². The second-order valence-electron chi connectivity index (χ2n) is 6.40. The van der Waals surface area contributed by atoms with Crippen LogP contribution in [0.1, 0.15) is 11.1 Å². The minimum atomic E-state index is -0.970. The lowest BCUT2D eigenvalue weighted by molar-refractivity contribution is -0.145. The molecule has 1 fully saturated rings. The maximum Gasteiger partial charge on any atom is 0.410 e. The Kier molecular flexibility index (Phi) is 8.11. The van der Waals surface area contributed by atoms with E-state index in [4.69, 9.17) is 16.3 Å². The molecule has 1 amide bonds. The summed E-state index contributed by atoms with van der Waals surface area (Å²) in [5.41, 5.74) is 1.75. The fourth-order valence-corrected chi connectivity index (χ4v) is 3.26. The molecule has 1 aliphatic heterocycles. The third-order valence-electron chi connectivity index (χ3n) is 4.57. The van der Waals surface area contributed by atoms with Crippen LogP contribution in [-0.2, 0) is 22.7 Å². The highest BCUT2D eigenvalue weighted by molar-refractivity contribution is 6.31. The Morgan fingerprint density at radius 3 is 2.43 bits per heavy atom. The summed E-state index contributed by atoms with van der Waals surface area (Å²) in [6, 6.07) is 15.9. The molecule has 28 heavy (non-hydrogen) atoms. The molecule has 0 aromatic heterocycles. The largest absolute Gasteiger partial charge is 0.480 e. The Morgan fingerprint density at radius 2 is 1.75 bits per heavy atom. The molecule has 0 aliphatic carbocycles. The summed E-state index contributed by atoms with van der Waals surface area (Å²) in [5.74, 6) is -0.970. The van der Waals surface area contributed by atoms with Crippen LogP contribution >= 0.6 is 24.0 Å². The summed E-state index contributed by atoms with van der Waals surface area (Å²) in [6.07, 6.45) is -0.498. The molecule has 1 N–H and O–H groups in total. The van der Waals surface area contributed by atoms with Gasteiger partial charge in [-0.1, -0.05) is 60.1 Å². The van der Waals surface area contributed by atoms with Crippen molar-refractivity contribution < 1.29 is 19.4 Å². The number of carbonyl (C=O) groups excluding carboxylic acids is 1. The zero-order valence-corrected chi connectivity index (χ0v) is 16.7. The fraction of sp³-hybridized carbons (Fsp3) is 0.300. The van der Waals surface area contributed by atoms with Gasteiger partial charge in [0, 0.05) is 24.7 Å². The summed E-state index contributed by atoms with van der Waals surface area (Å²) in [4.78, 5) is 27.3. The van der Waals surface area contributed by atoms with Crippen molar-refractivity contribution in [3.8, 4) is 0 Å². The molecule has 1 aliphatic rings. The van der Waals surface area contributed by atoms with Gasteiger partial charge in [0.1, 0.15) is 12.6 Å². The van der Waals surface area contributed by atoms with Crippen molar-refractivity contribution in [2.45, 2.75) is 19.2 Å². The second-order valence-corrected chi connectivity index (χ2v) is 6.81. The minimum absolute atomic E-state index is 0. The first kappa shape index (κ1) is 22.0. The number of amides is 1. The summed E-state index contributed by atoms with van der Waals surface area (Å²) in [6.45, 7) is 1.50. The van der Waals surface area contributed by atoms with Crippen LogP contribution in [-0.4, -0.2) is 52.6 Å². The number of hydrogen-bond acceptors (Lipinski definition) is 4. The van der Waals surface area contributed by atoms with Crippen molar-refractivity contribution >= 4 is 36.1 Å². The standard InChI is InChI=1S/C20H21ClN2O4.ClH/c21-17-9-5-4-8-16(17)12-22-10-11-23(13-18(22)19(24)25)20(26)27-14-15-6-2-1-3-7-15;/h1-9,18H,10-14H2,(H,24,25);1H. The minimum Gasteiger partial charge on any atom is -0.480 e. The van der Waals surface area contributed by atoms with Crippen LogP contribution in [0, 0.1) is 0 Å². The quantitative estimate of drug-likeness (QED) is 0.792. The van der Waals surface area contributed by atoms with Crippen molar-refractivity contribution in [2.75, 3.05) is 19.6 Å². The van der Waals surface area contributed by atoms with Gasteiger partial charge in [-0.05, 0) is 17.2 Å². The van der Waals surface area contributed by atoms with E-state index in [2.05, 4.69) is 0 Å². The van der Waals surface area contributed by atoms with Gasteiger partial charge in [0.25, 0.3) is 0 Å².